The number of anilines is 4. The van der Waals surface area contributed by atoms with E-state index in [1.807, 2.05) is 37.3 Å². The predicted molar refractivity (Wildman–Crippen MR) is 146 cm³/mol. The largest absolute Gasteiger partial charge is 0.355 e. The van der Waals surface area contributed by atoms with Crippen LogP contribution in [0.2, 0.25) is 0 Å². The van der Waals surface area contributed by atoms with Crippen molar-refractivity contribution in [2.24, 2.45) is 0 Å². The van der Waals surface area contributed by atoms with Gasteiger partial charge in [0.25, 0.3) is 5.91 Å². The number of benzene rings is 2. The van der Waals surface area contributed by atoms with Crippen molar-refractivity contribution in [2.45, 2.75) is 26.9 Å². The molecule has 3 amide bonds. The summed E-state index contributed by atoms with van der Waals surface area (Å²) in [6.45, 7) is 6.39. The molecule has 3 aromatic rings. The molecule has 0 fully saturated rings. The minimum atomic E-state index is -3.23. The van der Waals surface area contributed by atoms with Gasteiger partial charge in [-0.15, -0.1) is 0 Å². The van der Waals surface area contributed by atoms with Gasteiger partial charge in [0, 0.05) is 30.2 Å². The topological polar surface area (TPSA) is 131 Å². The van der Waals surface area contributed by atoms with Crippen LogP contribution in [0, 0.1) is 0 Å². The number of nitrogens with zero attached hydrogens (tertiary/aromatic N) is 1. The van der Waals surface area contributed by atoms with Crippen molar-refractivity contribution in [2.75, 3.05) is 35.7 Å². The Morgan fingerprint density at radius 3 is 2.19 bits per heavy atom. The lowest BCUT2D eigenvalue weighted by Gasteiger charge is -2.17. The average molecular weight is 526 g/mol. The molecule has 4 N–H and O–H groups in total. The van der Waals surface area contributed by atoms with Crippen LogP contribution in [-0.2, 0) is 19.8 Å². The molecule has 0 aliphatic heterocycles. The zero-order valence-electron chi connectivity index (χ0n) is 21.1. The number of hydrogen-bond donors (Lipinski definition) is 4. The van der Waals surface area contributed by atoms with Crippen LogP contribution in [0.4, 0.5) is 27.7 Å². The highest BCUT2D eigenvalue weighted by Gasteiger charge is 2.24. The summed E-state index contributed by atoms with van der Waals surface area (Å²) in [4.78, 5) is 29.3. The Bertz CT molecular complexity index is 1230. The van der Waals surface area contributed by atoms with Gasteiger partial charge in [-0.3, -0.25) is 14.7 Å². The maximum atomic E-state index is 13.2. The predicted octanol–water partition coefficient (Wildman–Crippen LogP) is 5.99. The van der Waals surface area contributed by atoms with Crippen LogP contribution >= 0.6 is 7.60 Å². The van der Waals surface area contributed by atoms with Gasteiger partial charge in [-0.2, -0.15) is 0 Å². The number of amides is 3. The van der Waals surface area contributed by atoms with E-state index in [9.17, 15) is 14.2 Å². The van der Waals surface area contributed by atoms with E-state index in [4.69, 9.17) is 9.05 Å². The first-order valence-electron chi connectivity index (χ1n) is 12.0. The Kier molecular flexibility index (Phi) is 10.2. The van der Waals surface area contributed by atoms with Crippen LogP contribution in [0.15, 0.2) is 66.9 Å². The van der Waals surface area contributed by atoms with Gasteiger partial charge < -0.3 is 25.0 Å². The van der Waals surface area contributed by atoms with E-state index >= 15 is 0 Å². The van der Waals surface area contributed by atoms with Crippen molar-refractivity contribution >= 4 is 42.4 Å². The first kappa shape index (κ1) is 27.9. The number of aromatic nitrogens is 1. The van der Waals surface area contributed by atoms with Crippen LogP contribution in [0.3, 0.4) is 0 Å². The van der Waals surface area contributed by atoms with Crippen molar-refractivity contribution in [1.29, 1.82) is 0 Å². The summed E-state index contributed by atoms with van der Waals surface area (Å²) in [7, 11) is -3.23. The summed E-state index contributed by atoms with van der Waals surface area (Å²) in [5, 5.41) is 11.4. The molecule has 1 heterocycles. The van der Waals surface area contributed by atoms with Crippen molar-refractivity contribution in [3.63, 3.8) is 0 Å². The molecule has 0 unspecified atom stereocenters. The molecular formula is C26H32N5O5P. The van der Waals surface area contributed by atoms with Gasteiger partial charge >= 0.3 is 13.6 Å². The number of nitrogens with one attached hydrogen (secondary N) is 4. The van der Waals surface area contributed by atoms with Crippen LogP contribution in [0.25, 0.3) is 0 Å². The van der Waals surface area contributed by atoms with E-state index in [0.29, 0.717) is 23.7 Å². The van der Waals surface area contributed by atoms with Gasteiger partial charge in [-0.1, -0.05) is 30.3 Å². The lowest BCUT2D eigenvalue weighted by molar-refractivity contribution is 0.102. The molecule has 37 heavy (non-hydrogen) atoms. The van der Waals surface area contributed by atoms with Gasteiger partial charge in [0.2, 0.25) is 0 Å². The molecule has 2 aromatic carbocycles. The number of hydrogen-bond acceptors (Lipinski definition) is 7. The van der Waals surface area contributed by atoms with Crippen molar-refractivity contribution in [3.05, 3.63) is 78.0 Å². The number of rotatable bonds is 12. The van der Waals surface area contributed by atoms with E-state index < -0.39 is 19.5 Å². The van der Waals surface area contributed by atoms with Crippen molar-refractivity contribution in [3.8, 4) is 0 Å². The Morgan fingerprint density at radius 1 is 0.892 bits per heavy atom. The first-order valence-corrected chi connectivity index (χ1v) is 13.7. The Morgan fingerprint density at radius 2 is 1.57 bits per heavy atom. The molecule has 0 aliphatic rings. The smallest absolute Gasteiger partial charge is 0.335 e. The highest BCUT2D eigenvalue weighted by Crippen LogP contribution is 2.51. The van der Waals surface area contributed by atoms with Gasteiger partial charge in [-0.05, 0) is 50.6 Å². The molecule has 11 heteroatoms. The second kappa shape index (κ2) is 13.5. The molecule has 1 aromatic heterocycles. The van der Waals surface area contributed by atoms with Gasteiger partial charge in [0.1, 0.15) is 5.82 Å². The van der Waals surface area contributed by atoms with E-state index in [1.165, 1.54) is 6.20 Å². The van der Waals surface area contributed by atoms with Crippen LogP contribution in [-0.4, -0.2) is 36.7 Å². The standard InChI is InChI=1S/C26H32N5O5P/c1-4-27-26(33)31-24-16-23(29-20-10-8-7-9-11-20)22(17-28-24)25(32)30-21-14-12-19(13-15-21)18-37(34,35-5-2)36-6-3/h7-17H,4-6,18H2,1-3H3,(H,30,32)(H3,27,28,29,31,33). The molecule has 10 nitrogen and oxygen atoms in total. The molecule has 0 saturated heterocycles. The number of para-hydroxylation sites is 1. The Labute approximate surface area is 216 Å². The average Bonchev–Trinajstić information content (AvgIpc) is 2.86. The minimum Gasteiger partial charge on any atom is -0.355 e. The van der Waals surface area contributed by atoms with Gasteiger partial charge in [-0.25, -0.2) is 9.78 Å². The van der Waals surface area contributed by atoms with E-state index in [-0.39, 0.29) is 24.9 Å². The second-order valence-electron chi connectivity index (χ2n) is 7.85. The maximum absolute atomic E-state index is 13.2. The van der Waals surface area contributed by atoms with Crippen molar-refractivity contribution in [1.82, 2.24) is 10.3 Å². The van der Waals surface area contributed by atoms with Gasteiger partial charge in [0.05, 0.1) is 30.6 Å². The minimum absolute atomic E-state index is 0.137. The third kappa shape index (κ3) is 8.42. The fourth-order valence-corrected chi connectivity index (χ4v) is 5.15. The number of carbonyl (C=O) groups is 2. The fourth-order valence-electron chi connectivity index (χ4n) is 3.44. The normalized spacial score (nSPS) is 11.0. The summed E-state index contributed by atoms with van der Waals surface area (Å²) < 4.78 is 23.5. The quantitative estimate of drug-likeness (QED) is 0.214. The SMILES string of the molecule is CCNC(=O)Nc1cc(Nc2ccccc2)c(C(=O)Nc2ccc(CP(=O)(OCC)OCC)cc2)cn1. The summed E-state index contributed by atoms with van der Waals surface area (Å²) in [6.07, 6.45) is 1.54. The molecule has 3 rings (SSSR count). The monoisotopic (exact) mass is 525 g/mol. The summed E-state index contributed by atoms with van der Waals surface area (Å²) in [5.74, 6) is -0.101. The zero-order valence-corrected chi connectivity index (χ0v) is 22.0. The molecule has 0 aliphatic carbocycles. The second-order valence-corrected chi connectivity index (χ2v) is 9.90. The Balaban J connectivity index is 1.78. The summed E-state index contributed by atoms with van der Waals surface area (Å²) in [5.41, 5.74) is 2.83. The lowest BCUT2D eigenvalue weighted by Crippen LogP contribution is -2.28. The van der Waals surface area contributed by atoms with E-state index in [0.717, 1.165) is 11.3 Å². The first-order chi connectivity index (χ1) is 17.9. The third-order valence-electron chi connectivity index (χ3n) is 5.02. The summed E-state index contributed by atoms with van der Waals surface area (Å²) >= 11 is 0. The zero-order chi connectivity index (χ0) is 26.7. The highest BCUT2D eigenvalue weighted by atomic mass is 31.2. The molecular weight excluding hydrogens is 493 g/mol. The molecule has 0 bridgehead atoms. The Hall–Kier alpha value is -3.72. The lowest BCUT2D eigenvalue weighted by atomic mass is 10.1. The van der Waals surface area contributed by atoms with Crippen LogP contribution in [0.5, 0.6) is 0 Å². The highest BCUT2D eigenvalue weighted by molar-refractivity contribution is 7.53. The molecule has 196 valence electrons. The van der Waals surface area contributed by atoms with Crippen molar-refractivity contribution < 1.29 is 23.2 Å². The number of pyridine rings is 1. The number of carbonyl (C=O) groups excluding carboxylic acids is 2. The summed E-state index contributed by atoms with van der Waals surface area (Å²) in [6, 6.07) is 17.5. The molecule has 0 spiro atoms. The van der Waals surface area contributed by atoms with E-state index in [2.05, 4.69) is 26.3 Å². The fraction of sp³-hybridized carbons (Fsp3) is 0.269. The third-order valence-corrected chi connectivity index (χ3v) is 7.08. The van der Waals surface area contributed by atoms with Gasteiger partial charge in [0.15, 0.2) is 0 Å². The molecule has 0 atom stereocenters. The van der Waals surface area contributed by atoms with Crippen LogP contribution in [0.1, 0.15) is 36.7 Å². The molecule has 0 radical (unpaired) electrons. The van der Waals surface area contributed by atoms with Crippen LogP contribution < -0.4 is 21.3 Å². The van der Waals surface area contributed by atoms with E-state index in [1.54, 1.807) is 44.2 Å². The maximum Gasteiger partial charge on any atom is 0.335 e. The molecule has 0 saturated carbocycles. The number of urea groups is 1.